The molecule has 2 nitrogen and oxygen atoms in total. The van der Waals surface area contributed by atoms with Crippen LogP contribution in [-0.4, -0.2) is 11.1 Å². The number of carboxylic acids is 1. The van der Waals surface area contributed by atoms with E-state index in [-0.39, 0.29) is 6.42 Å². The molecule has 0 heterocycles. The summed E-state index contributed by atoms with van der Waals surface area (Å²) < 4.78 is 1.29. The molecule has 0 aliphatic heterocycles. The Morgan fingerprint density at radius 2 is 1.83 bits per heavy atom. The topological polar surface area (TPSA) is 37.3 Å². The highest BCUT2D eigenvalue weighted by atomic mass is 127. The summed E-state index contributed by atoms with van der Waals surface area (Å²) in [6, 6.07) is 10.2. The van der Waals surface area contributed by atoms with Crippen molar-refractivity contribution in [1.29, 1.82) is 0 Å². The Hall–Kier alpha value is -0.580. The largest absolute Gasteiger partial charge is 0.481 e. The van der Waals surface area contributed by atoms with Crippen LogP contribution in [0.25, 0.3) is 0 Å². The van der Waals surface area contributed by atoms with Crippen LogP contribution in [0.15, 0.2) is 30.3 Å². The molecule has 66 valence electrons. The standard InChI is InChI=1S/C6H5I.C3H6O2/c7-6-4-2-1-3-5-6;1-2-3(4)5/h1-5H;2H2,1H3,(H,4,5). The molecule has 0 radical (unpaired) electrons. The molecule has 1 aromatic carbocycles. The van der Waals surface area contributed by atoms with Gasteiger partial charge in [-0.25, -0.2) is 0 Å². The number of halogens is 1. The van der Waals surface area contributed by atoms with E-state index in [1.54, 1.807) is 6.92 Å². The Kier molecular flexibility index (Phi) is 6.75. The van der Waals surface area contributed by atoms with E-state index in [0.29, 0.717) is 0 Å². The molecule has 0 saturated carbocycles. The third-order valence-corrected chi connectivity index (χ3v) is 1.75. The SMILES string of the molecule is CCC(=O)O.Ic1ccccc1. The van der Waals surface area contributed by atoms with E-state index in [1.807, 2.05) is 18.2 Å². The number of aliphatic carboxylic acids is 1. The van der Waals surface area contributed by atoms with Crippen LogP contribution in [0, 0.1) is 3.57 Å². The molecule has 1 aromatic rings. The van der Waals surface area contributed by atoms with E-state index in [9.17, 15) is 4.79 Å². The molecule has 0 fully saturated rings. The van der Waals surface area contributed by atoms with Gasteiger partial charge in [-0.2, -0.15) is 0 Å². The second-order valence-corrected chi connectivity index (χ2v) is 3.29. The van der Waals surface area contributed by atoms with Crippen molar-refractivity contribution in [3.63, 3.8) is 0 Å². The summed E-state index contributed by atoms with van der Waals surface area (Å²) in [4.78, 5) is 9.37. The van der Waals surface area contributed by atoms with Crippen molar-refractivity contribution in [2.45, 2.75) is 13.3 Å². The van der Waals surface area contributed by atoms with Gasteiger partial charge in [-0.05, 0) is 34.7 Å². The van der Waals surface area contributed by atoms with Gasteiger partial charge >= 0.3 is 5.97 Å². The van der Waals surface area contributed by atoms with Gasteiger partial charge in [-0.15, -0.1) is 0 Å². The van der Waals surface area contributed by atoms with E-state index in [4.69, 9.17) is 5.11 Å². The van der Waals surface area contributed by atoms with Crippen LogP contribution in [0.5, 0.6) is 0 Å². The zero-order chi connectivity index (χ0) is 9.40. The lowest BCUT2D eigenvalue weighted by atomic mass is 10.4. The summed E-state index contributed by atoms with van der Waals surface area (Å²) in [7, 11) is 0. The number of benzene rings is 1. The van der Waals surface area contributed by atoms with Crippen LogP contribution in [0.1, 0.15) is 13.3 Å². The van der Waals surface area contributed by atoms with Gasteiger partial charge in [0.2, 0.25) is 0 Å². The van der Waals surface area contributed by atoms with E-state index in [0.717, 1.165) is 0 Å². The fourth-order valence-electron chi connectivity index (χ4n) is 0.415. The zero-order valence-corrected chi connectivity index (χ0v) is 8.98. The van der Waals surface area contributed by atoms with E-state index < -0.39 is 5.97 Å². The van der Waals surface area contributed by atoms with Crippen molar-refractivity contribution in [2.24, 2.45) is 0 Å². The van der Waals surface area contributed by atoms with Crippen molar-refractivity contribution in [3.05, 3.63) is 33.9 Å². The van der Waals surface area contributed by atoms with Crippen LogP contribution in [0.3, 0.4) is 0 Å². The van der Waals surface area contributed by atoms with Crippen LogP contribution < -0.4 is 0 Å². The molecule has 12 heavy (non-hydrogen) atoms. The number of carboxylic acid groups (broad SMARTS) is 1. The maximum atomic E-state index is 9.37. The maximum Gasteiger partial charge on any atom is 0.303 e. The summed E-state index contributed by atoms with van der Waals surface area (Å²) in [5.74, 6) is -0.745. The maximum absolute atomic E-state index is 9.37. The van der Waals surface area contributed by atoms with Crippen LogP contribution in [0.2, 0.25) is 0 Å². The highest BCUT2D eigenvalue weighted by Gasteiger charge is 1.80. The number of hydrogen-bond donors (Lipinski definition) is 1. The summed E-state index contributed by atoms with van der Waals surface area (Å²) in [6.07, 6.45) is 0.222. The molecule has 1 rings (SSSR count). The first-order valence-corrected chi connectivity index (χ1v) is 4.67. The second kappa shape index (κ2) is 7.09. The molecular formula is C9H11IO2. The molecule has 3 heteroatoms. The highest BCUT2D eigenvalue weighted by Crippen LogP contribution is 1.99. The Bertz CT molecular complexity index is 221. The average Bonchev–Trinajstić information content (AvgIpc) is 2.07. The average molecular weight is 278 g/mol. The molecular weight excluding hydrogens is 267 g/mol. The lowest BCUT2D eigenvalue weighted by Crippen LogP contribution is -1.86. The fraction of sp³-hybridized carbons (Fsp3) is 0.222. The van der Waals surface area contributed by atoms with Gasteiger partial charge in [-0.1, -0.05) is 25.1 Å². The molecule has 0 amide bonds. The first-order chi connectivity index (χ1) is 5.66. The van der Waals surface area contributed by atoms with Crippen molar-refractivity contribution in [2.75, 3.05) is 0 Å². The zero-order valence-electron chi connectivity index (χ0n) is 6.83. The van der Waals surface area contributed by atoms with Crippen molar-refractivity contribution < 1.29 is 9.90 Å². The first kappa shape index (κ1) is 11.4. The van der Waals surface area contributed by atoms with E-state index in [2.05, 4.69) is 34.7 Å². The predicted octanol–water partition coefficient (Wildman–Crippen LogP) is 2.77. The Morgan fingerprint density at radius 3 is 2.00 bits per heavy atom. The molecule has 0 bridgehead atoms. The van der Waals surface area contributed by atoms with Gasteiger partial charge in [0.15, 0.2) is 0 Å². The van der Waals surface area contributed by atoms with Gasteiger partial charge in [0, 0.05) is 9.99 Å². The minimum atomic E-state index is -0.745. The number of hydrogen-bond acceptors (Lipinski definition) is 1. The Morgan fingerprint density at radius 1 is 1.42 bits per heavy atom. The van der Waals surface area contributed by atoms with Crippen molar-refractivity contribution in [1.82, 2.24) is 0 Å². The molecule has 1 N–H and O–H groups in total. The monoisotopic (exact) mass is 278 g/mol. The Labute approximate surface area is 85.7 Å². The Balaban J connectivity index is 0.000000217. The van der Waals surface area contributed by atoms with Crippen molar-refractivity contribution in [3.8, 4) is 0 Å². The van der Waals surface area contributed by atoms with E-state index >= 15 is 0 Å². The van der Waals surface area contributed by atoms with Gasteiger partial charge in [0.1, 0.15) is 0 Å². The highest BCUT2D eigenvalue weighted by molar-refractivity contribution is 14.1. The number of rotatable bonds is 1. The second-order valence-electron chi connectivity index (χ2n) is 2.04. The molecule has 0 aliphatic rings. The fourth-order valence-corrected chi connectivity index (χ4v) is 0.830. The lowest BCUT2D eigenvalue weighted by Gasteiger charge is -1.80. The number of carbonyl (C=O) groups is 1. The third kappa shape index (κ3) is 7.53. The smallest absolute Gasteiger partial charge is 0.303 e. The molecule has 0 aliphatic carbocycles. The molecule has 0 spiro atoms. The molecule has 0 saturated heterocycles. The van der Waals surface area contributed by atoms with E-state index in [1.165, 1.54) is 3.57 Å². The van der Waals surface area contributed by atoms with Gasteiger partial charge in [0.25, 0.3) is 0 Å². The van der Waals surface area contributed by atoms with Gasteiger partial charge < -0.3 is 5.11 Å². The molecule has 0 unspecified atom stereocenters. The molecule has 0 aromatic heterocycles. The summed E-state index contributed by atoms with van der Waals surface area (Å²) >= 11 is 2.28. The minimum absolute atomic E-state index is 0.222. The normalized spacial score (nSPS) is 8.17. The predicted molar refractivity (Wildman–Crippen MR) is 57.1 cm³/mol. The summed E-state index contributed by atoms with van der Waals surface area (Å²) in [5, 5.41) is 7.72. The van der Waals surface area contributed by atoms with Crippen LogP contribution in [-0.2, 0) is 4.79 Å². The first-order valence-electron chi connectivity index (χ1n) is 3.59. The quantitative estimate of drug-likeness (QED) is 0.802. The summed E-state index contributed by atoms with van der Waals surface area (Å²) in [5.41, 5.74) is 0. The van der Waals surface area contributed by atoms with Crippen molar-refractivity contribution >= 4 is 28.6 Å². The van der Waals surface area contributed by atoms with Gasteiger partial charge in [-0.3, -0.25) is 4.79 Å². The van der Waals surface area contributed by atoms with Crippen LogP contribution >= 0.6 is 22.6 Å². The van der Waals surface area contributed by atoms with Crippen LogP contribution in [0.4, 0.5) is 0 Å². The van der Waals surface area contributed by atoms with Gasteiger partial charge in [0.05, 0.1) is 0 Å². The summed E-state index contributed by atoms with van der Waals surface area (Å²) in [6.45, 7) is 1.60. The molecule has 0 atom stereocenters. The minimum Gasteiger partial charge on any atom is -0.481 e. The lowest BCUT2D eigenvalue weighted by molar-refractivity contribution is -0.136. The third-order valence-electron chi connectivity index (χ3n) is 1.04.